The molecule has 0 radical (unpaired) electrons. The van der Waals surface area contributed by atoms with Crippen LogP contribution in [0.4, 0.5) is 17.1 Å². The van der Waals surface area contributed by atoms with Gasteiger partial charge in [-0.05, 0) is 97.4 Å². The van der Waals surface area contributed by atoms with Gasteiger partial charge in [0, 0.05) is 28.2 Å². The Morgan fingerprint density at radius 1 is 0.514 bits per heavy atom. The fourth-order valence-corrected chi connectivity index (χ4v) is 5.62. The maximum atomic E-state index is 2.43. The third kappa shape index (κ3) is 6.64. The van der Waals surface area contributed by atoms with Crippen molar-refractivity contribution in [3.8, 4) is 0 Å². The summed E-state index contributed by atoms with van der Waals surface area (Å²) in [5.74, 6) is 0. The summed E-state index contributed by atoms with van der Waals surface area (Å²) in [7, 11) is 0. The predicted molar refractivity (Wildman–Crippen MR) is 162 cm³/mol. The molecule has 3 aromatic carbocycles. The lowest BCUT2D eigenvalue weighted by molar-refractivity contribution is -0.936. The third-order valence-electron chi connectivity index (χ3n) is 9.13. The topological polar surface area (TPSA) is 3.24 Å². The van der Waals surface area contributed by atoms with E-state index in [4.69, 9.17) is 0 Å². The third-order valence-corrected chi connectivity index (χ3v) is 9.13. The molecule has 0 fully saturated rings. The van der Waals surface area contributed by atoms with Crippen molar-refractivity contribution in [3.63, 3.8) is 0 Å². The standard InChI is InChI=1S/C34H51N3/c1-9-36(10-2,11-3)26-30-18-23-33(24-19-30)35(32-20-15-28(7)16-21-32)34-22-17-29(8)31(25-34)27-37(12-4,13-5)14-6/h15-25H,9-14,26-27H2,1-8H3/q+2. The number of nitrogens with zero attached hydrogens (tertiary/aromatic N) is 3. The van der Waals surface area contributed by atoms with Crippen LogP contribution in [0.2, 0.25) is 0 Å². The van der Waals surface area contributed by atoms with E-state index in [9.17, 15) is 0 Å². The smallest absolute Gasteiger partial charge is 0.105 e. The van der Waals surface area contributed by atoms with Gasteiger partial charge in [0.2, 0.25) is 0 Å². The Balaban J connectivity index is 2.05. The van der Waals surface area contributed by atoms with Crippen molar-refractivity contribution < 1.29 is 8.97 Å². The molecule has 0 aliphatic carbocycles. The molecule has 0 heterocycles. The highest BCUT2D eigenvalue weighted by molar-refractivity contribution is 5.77. The van der Waals surface area contributed by atoms with Crippen LogP contribution in [0.15, 0.2) is 66.7 Å². The first-order valence-electron chi connectivity index (χ1n) is 14.5. The number of hydrogen-bond donors (Lipinski definition) is 0. The average Bonchev–Trinajstić information content (AvgIpc) is 2.94. The van der Waals surface area contributed by atoms with E-state index in [0.717, 1.165) is 41.7 Å². The molecular weight excluding hydrogens is 450 g/mol. The molecule has 0 spiro atoms. The van der Waals surface area contributed by atoms with Crippen molar-refractivity contribution in [2.24, 2.45) is 0 Å². The van der Waals surface area contributed by atoms with E-state index < -0.39 is 0 Å². The molecule has 0 saturated carbocycles. The maximum absolute atomic E-state index is 2.43. The molecule has 0 aromatic heterocycles. The molecule has 3 heteroatoms. The molecular formula is C34H51N3+2. The van der Waals surface area contributed by atoms with Crippen molar-refractivity contribution in [2.75, 3.05) is 44.2 Å². The van der Waals surface area contributed by atoms with Crippen LogP contribution in [0, 0.1) is 13.8 Å². The molecule has 3 rings (SSSR count). The van der Waals surface area contributed by atoms with Crippen LogP contribution in [0.25, 0.3) is 0 Å². The Kier molecular flexibility index (Phi) is 9.98. The molecule has 0 aliphatic heterocycles. The molecule has 0 bridgehead atoms. The average molecular weight is 502 g/mol. The molecule has 3 nitrogen and oxygen atoms in total. The second-order valence-electron chi connectivity index (χ2n) is 10.8. The predicted octanol–water partition coefficient (Wildman–Crippen LogP) is 8.53. The largest absolute Gasteiger partial charge is 0.321 e. The van der Waals surface area contributed by atoms with Gasteiger partial charge in [-0.15, -0.1) is 0 Å². The monoisotopic (exact) mass is 501 g/mol. The van der Waals surface area contributed by atoms with Crippen LogP contribution >= 0.6 is 0 Å². The lowest BCUT2D eigenvalue weighted by atomic mass is 10.0. The zero-order valence-corrected chi connectivity index (χ0v) is 24.8. The Morgan fingerprint density at radius 3 is 1.43 bits per heavy atom. The minimum absolute atomic E-state index is 1.08. The van der Waals surface area contributed by atoms with E-state index in [1.54, 1.807) is 0 Å². The highest BCUT2D eigenvalue weighted by Crippen LogP contribution is 2.36. The lowest BCUT2D eigenvalue weighted by Crippen LogP contribution is -2.46. The molecule has 0 amide bonds. The zero-order valence-electron chi connectivity index (χ0n) is 24.8. The second kappa shape index (κ2) is 12.8. The van der Waals surface area contributed by atoms with Gasteiger partial charge in [0.1, 0.15) is 13.1 Å². The van der Waals surface area contributed by atoms with E-state index in [1.807, 2.05) is 0 Å². The van der Waals surface area contributed by atoms with Gasteiger partial charge in [-0.3, -0.25) is 0 Å². The van der Waals surface area contributed by atoms with Gasteiger partial charge in [-0.25, -0.2) is 0 Å². The van der Waals surface area contributed by atoms with Crippen molar-refractivity contribution in [1.29, 1.82) is 0 Å². The van der Waals surface area contributed by atoms with Gasteiger partial charge in [0.25, 0.3) is 0 Å². The van der Waals surface area contributed by atoms with Crippen LogP contribution < -0.4 is 4.90 Å². The second-order valence-corrected chi connectivity index (χ2v) is 10.8. The highest BCUT2D eigenvalue weighted by atomic mass is 15.3. The Bertz CT molecular complexity index is 1090. The number of anilines is 3. The zero-order chi connectivity index (χ0) is 27.1. The lowest BCUT2D eigenvalue weighted by Gasteiger charge is -2.37. The molecule has 37 heavy (non-hydrogen) atoms. The molecule has 0 atom stereocenters. The fourth-order valence-electron chi connectivity index (χ4n) is 5.62. The van der Waals surface area contributed by atoms with Crippen molar-refractivity contribution in [2.45, 2.75) is 68.5 Å². The molecule has 0 N–H and O–H groups in total. The van der Waals surface area contributed by atoms with E-state index >= 15 is 0 Å². The summed E-state index contributed by atoms with van der Waals surface area (Å²) < 4.78 is 2.25. The van der Waals surface area contributed by atoms with Crippen LogP contribution in [-0.4, -0.2) is 48.2 Å². The summed E-state index contributed by atoms with van der Waals surface area (Å²) in [5, 5.41) is 0. The van der Waals surface area contributed by atoms with Crippen LogP contribution in [0.5, 0.6) is 0 Å². The summed E-state index contributed by atoms with van der Waals surface area (Å²) in [5.41, 5.74) is 9.19. The van der Waals surface area contributed by atoms with Gasteiger partial charge < -0.3 is 13.9 Å². The fraction of sp³-hybridized carbons (Fsp3) is 0.471. The van der Waals surface area contributed by atoms with Gasteiger partial charge in [0.05, 0.1) is 39.3 Å². The van der Waals surface area contributed by atoms with Crippen molar-refractivity contribution in [1.82, 2.24) is 0 Å². The normalized spacial score (nSPS) is 12.1. The molecule has 0 saturated heterocycles. The van der Waals surface area contributed by atoms with Gasteiger partial charge in [0.15, 0.2) is 0 Å². The van der Waals surface area contributed by atoms with E-state index in [-0.39, 0.29) is 0 Å². The number of benzene rings is 3. The maximum Gasteiger partial charge on any atom is 0.105 e. The Hall–Kier alpha value is -2.62. The number of quaternary nitrogens is 2. The summed E-state index contributed by atoms with van der Waals surface area (Å²) in [4.78, 5) is 2.42. The van der Waals surface area contributed by atoms with Gasteiger partial charge >= 0.3 is 0 Å². The molecule has 200 valence electrons. The number of aryl methyl sites for hydroxylation is 2. The van der Waals surface area contributed by atoms with Gasteiger partial charge in [-0.1, -0.05) is 35.9 Å². The molecule has 0 unspecified atom stereocenters. The SMILES string of the molecule is CC[N+](CC)(CC)Cc1ccc(N(c2ccc(C)cc2)c2ccc(C)c(C[N+](CC)(CC)CC)c2)cc1. The molecule has 3 aromatic rings. The van der Waals surface area contributed by atoms with Gasteiger partial charge in [-0.2, -0.15) is 0 Å². The molecule has 0 aliphatic rings. The Labute approximate surface area is 227 Å². The van der Waals surface area contributed by atoms with Crippen molar-refractivity contribution in [3.05, 3.63) is 89.0 Å². The summed E-state index contributed by atoms with van der Waals surface area (Å²) >= 11 is 0. The minimum Gasteiger partial charge on any atom is -0.321 e. The van der Waals surface area contributed by atoms with Crippen LogP contribution in [0.3, 0.4) is 0 Å². The quantitative estimate of drug-likeness (QED) is 0.212. The first kappa shape index (κ1) is 28.9. The minimum atomic E-state index is 1.08. The first-order valence-corrected chi connectivity index (χ1v) is 14.5. The van der Waals surface area contributed by atoms with Crippen LogP contribution in [0.1, 0.15) is 63.8 Å². The van der Waals surface area contributed by atoms with E-state index in [2.05, 4.69) is 127 Å². The summed E-state index contributed by atoms with van der Waals surface area (Å²) in [6, 6.07) is 25.3. The Morgan fingerprint density at radius 2 is 0.946 bits per heavy atom. The number of hydrogen-bond acceptors (Lipinski definition) is 1. The van der Waals surface area contributed by atoms with Crippen molar-refractivity contribution >= 4 is 17.1 Å². The summed E-state index contributed by atoms with van der Waals surface area (Å²) in [6.07, 6.45) is 0. The highest BCUT2D eigenvalue weighted by Gasteiger charge is 2.24. The summed E-state index contributed by atoms with van der Waals surface area (Å²) in [6.45, 7) is 27.5. The first-order chi connectivity index (χ1) is 17.8. The van der Waals surface area contributed by atoms with E-state index in [0.29, 0.717) is 0 Å². The van der Waals surface area contributed by atoms with Crippen LogP contribution in [-0.2, 0) is 13.1 Å². The number of rotatable bonds is 13. The van der Waals surface area contributed by atoms with E-state index in [1.165, 1.54) is 59.0 Å².